The topological polar surface area (TPSA) is 72.4 Å². The molecule has 31 heavy (non-hydrogen) atoms. The number of nitrogens with zero attached hydrogens (tertiary/aromatic N) is 1. The van der Waals surface area contributed by atoms with Gasteiger partial charge in [0.15, 0.2) is 0 Å². The van der Waals surface area contributed by atoms with E-state index >= 15 is 0 Å². The quantitative estimate of drug-likeness (QED) is 0.517. The number of nitrogens with one attached hydrogen (secondary N) is 2. The van der Waals surface area contributed by atoms with Crippen LogP contribution in [0.25, 0.3) is 0 Å². The largest absolute Gasteiger partial charge is 0.465 e. The van der Waals surface area contributed by atoms with Crippen LogP contribution in [0.1, 0.15) is 38.3 Å². The Hall–Kier alpha value is -3.25. The van der Waals surface area contributed by atoms with Crippen molar-refractivity contribution in [1.82, 2.24) is 9.88 Å². The molecular formula is C24H26ClN3O3. The summed E-state index contributed by atoms with van der Waals surface area (Å²) in [6, 6.07) is 12.4. The van der Waals surface area contributed by atoms with Crippen LogP contribution in [0.3, 0.4) is 0 Å². The minimum atomic E-state index is -0.551. The first-order valence-corrected chi connectivity index (χ1v) is 10.3. The van der Waals surface area contributed by atoms with Gasteiger partial charge in [-0.05, 0) is 67.8 Å². The van der Waals surface area contributed by atoms with Gasteiger partial charge in [-0.15, -0.1) is 0 Å². The fourth-order valence-electron chi connectivity index (χ4n) is 3.64. The van der Waals surface area contributed by atoms with Crippen LogP contribution in [0.15, 0.2) is 48.7 Å². The number of halogens is 1. The molecule has 0 spiro atoms. The number of hydrogen-bond donors (Lipinski definition) is 2. The monoisotopic (exact) mass is 439 g/mol. The SMILES string of the molecule is COC(=O)c1ccc(Cl)cc1NC(=O)NCc1cccn1Cc1c(C)cc(C)cc1C. The Kier molecular flexibility index (Phi) is 7.02. The van der Waals surface area contributed by atoms with Crippen molar-refractivity contribution in [2.45, 2.75) is 33.9 Å². The molecule has 0 saturated carbocycles. The average Bonchev–Trinajstić information content (AvgIpc) is 3.16. The van der Waals surface area contributed by atoms with Crippen molar-refractivity contribution in [3.63, 3.8) is 0 Å². The third kappa shape index (κ3) is 5.47. The van der Waals surface area contributed by atoms with Gasteiger partial charge in [0.05, 0.1) is 24.9 Å². The number of ether oxygens (including phenoxy) is 1. The van der Waals surface area contributed by atoms with E-state index in [1.807, 2.05) is 18.3 Å². The molecule has 2 N–H and O–H groups in total. The summed E-state index contributed by atoms with van der Waals surface area (Å²) in [5.41, 5.74) is 6.51. The highest BCUT2D eigenvalue weighted by molar-refractivity contribution is 6.31. The maximum Gasteiger partial charge on any atom is 0.339 e. The number of methoxy groups -OCH3 is 1. The maximum atomic E-state index is 12.5. The Morgan fingerprint density at radius 1 is 1.06 bits per heavy atom. The molecular weight excluding hydrogens is 414 g/mol. The van der Waals surface area contributed by atoms with Gasteiger partial charge in [-0.25, -0.2) is 9.59 Å². The first kappa shape index (κ1) is 22.4. The Morgan fingerprint density at radius 3 is 2.45 bits per heavy atom. The van der Waals surface area contributed by atoms with E-state index in [1.54, 1.807) is 6.07 Å². The van der Waals surface area contributed by atoms with E-state index in [-0.39, 0.29) is 11.3 Å². The number of esters is 1. The van der Waals surface area contributed by atoms with E-state index in [4.69, 9.17) is 16.3 Å². The highest BCUT2D eigenvalue weighted by Gasteiger charge is 2.15. The minimum Gasteiger partial charge on any atom is -0.465 e. The zero-order valence-corrected chi connectivity index (χ0v) is 18.8. The molecule has 162 valence electrons. The lowest BCUT2D eigenvalue weighted by molar-refractivity contribution is 0.0602. The van der Waals surface area contributed by atoms with Crippen molar-refractivity contribution >= 4 is 29.3 Å². The molecule has 3 rings (SSSR count). The molecule has 7 heteroatoms. The molecule has 0 bridgehead atoms. The van der Waals surface area contributed by atoms with Gasteiger partial charge in [-0.2, -0.15) is 0 Å². The van der Waals surface area contributed by atoms with E-state index in [9.17, 15) is 9.59 Å². The predicted octanol–water partition coefficient (Wildman–Crippen LogP) is 5.22. The first-order valence-electron chi connectivity index (χ1n) is 9.92. The van der Waals surface area contributed by atoms with Crippen LogP contribution in [0, 0.1) is 20.8 Å². The van der Waals surface area contributed by atoms with E-state index in [0.29, 0.717) is 11.6 Å². The van der Waals surface area contributed by atoms with Gasteiger partial charge < -0.3 is 19.9 Å². The molecule has 0 unspecified atom stereocenters. The Morgan fingerprint density at radius 2 is 1.77 bits per heavy atom. The van der Waals surface area contributed by atoms with Gasteiger partial charge in [0.25, 0.3) is 0 Å². The third-order valence-corrected chi connectivity index (χ3v) is 5.39. The highest BCUT2D eigenvalue weighted by atomic mass is 35.5. The van der Waals surface area contributed by atoms with Gasteiger partial charge in [-0.1, -0.05) is 29.3 Å². The van der Waals surface area contributed by atoms with Crippen LogP contribution in [0.4, 0.5) is 10.5 Å². The third-order valence-electron chi connectivity index (χ3n) is 5.16. The molecule has 2 amide bonds. The Labute approximate surface area is 187 Å². The summed E-state index contributed by atoms with van der Waals surface area (Å²) >= 11 is 6.01. The summed E-state index contributed by atoms with van der Waals surface area (Å²) in [5, 5.41) is 5.92. The van der Waals surface area contributed by atoms with Crippen LogP contribution in [0.5, 0.6) is 0 Å². The van der Waals surface area contributed by atoms with E-state index in [1.165, 1.54) is 41.5 Å². The smallest absolute Gasteiger partial charge is 0.339 e. The number of carbonyl (C=O) groups excluding carboxylic acids is 2. The number of benzene rings is 2. The summed E-state index contributed by atoms with van der Waals surface area (Å²) in [6.45, 7) is 7.39. The second kappa shape index (κ2) is 9.71. The Balaban J connectivity index is 1.69. The number of rotatable bonds is 6. The Bertz CT molecular complexity index is 1100. The van der Waals surface area contributed by atoms with Crippen molar-refractivity contribution in [2.24, 2.45) is 0 Å². The average molecular weight is 440 g/mol. The van der Waals surface area contributed by atoms with Crippen molar-refractivity contribution < 1.29 is 14.3 Å². The molecule has 0 aliphatic heterocycles. The number of carbonyl (C=O) groups is 2. The van der Waals surface area contributed by atoms with Gasteiger partial charge >= 0.3 is 12.0 Å². The van der Waals surface area contributed by atoms with E-state index in [0.717, 1.165) is 12.2 Å². The normalized spacial score (nSPS) is 10.6. The molecule has 0 aliphatic rings. The molecule has 1 heterocycles. The second-order valence-corrected chi connectivity index (χ2v) is 7.93. The van der Waals surface area contributed by atoms with Gasteiger partial charge in [-0.3, -0.25) is 0 Å². The van der Waals surface area contributed by atoms with E-state index < -0.39 is 12.0 Å². The lowest BCUT2D eigenvalue weighted by Crippen LogP contribution is -2.30. The lowest BCUT2D eigenvalue weighted by atomic mass is 10.00. The number of aryl methyl sites for hydroxylation is 3. The molecule has 0 radical (unpaired) electrons. The zero-order chi connectivity index (χ0) is 22.5. The molecule has 0 aliphatic carbocycles. The molecule has 2 aromatic carbocycles. The zero-order valence-electron chi connectivity index (χ0n) is 18.1. The van der Waals surface area contributed by atoms with Crippen LogP contribution in [-0.4, -0.2) is 23.7 Å². The maximum absolute atomic E-state index is 12.5. The minimum absolute atomic E-state index is 0.232. The summed E-state index contributed by atoms with van der Waals surface area (Å²) < 4.78 is 6.87. The van der Waals surface area contributed by atoms with Crippen LogP contribution in [0.2, 0.25) is 5.02 Å². The van der Waals surface area contributed by atoms with Crippen molar-refractivity contribution in [3.05, 3.63) is 87.2 Å². The number of urea groups is 1. The standard InChI is InChI=1S/C24H26ClN3O3/c1-15-10-16(2)21(17(3)11-15)14-28-9-5-6-19(28)13-26-24(30)27-22-12-18(25)7-8-20(22)23(29)31-4/h5-12H,13-14H2,1-4H3,(H2,26,27,30). The number of aromatic nitrogens is 1. The number of amides is 2. The summed E-state index contributed by atoms with van der Waals surface area (Å²) in [4.78, 5) is 24.4. The van der Waals surface area contributed by atoms with Crippen molar-refractivity contribution in [3.8, 4) is 0 Å². The number of hydrogen-bond acceptors (Lipinski definition) is 3. The lowest BCUT2D eigenvalue weighted by Gasteiger charge is -2.16. The van der Waals surface area contributed by atoms with Crippen LogP contribution >= 0.6 is 11.6 Å². The summed E-state index contributed by atoms with van der Waals surface area (Å²) in [6.07, 6.45) is 2.00. The van der Waals surface area contributed by atoms with Crippen molar-refractivity contribution in [1.29, 1.82) is 0 Å². The first-order chi connectivity index (χ1) is 14.8. The van der Waals surface area contributed by atoms with E-state index in [2.05, 4.69) is 48.1 Å². The summed E-state index contributed by atoms with van der Waals surface area (Å²) in [5.74, 6) is -0.551. The molecule has 0 saturated heterocycles. The second-order valence-electron chi connectivity index (χ2n) is 7.49. The van der Waals surface area contributed by atoms with Crippen LogP contribution < -0.4 is 10.6 Å². The molecule has 3 aromatic rings. The van der Waals surface area contributed by atoms with Crippen molar-refractivity contribution in [2.75, 3.05) is 12.4 Å². The molecule has 6 nitrogen and oxygen atoms in total. The van der Waals surface area contributed by atoms with Gasteiger partial charge in [0.1, 0.15) is 0 Å². The van der Waals surface area contributed by atoms with Gasteiger partial charge in [0.2, 0.25) is 0 Å². The fraction of sp³-hybridized carbons (Fsp3) is 0.250. The molecule has 0 fully saturated rings. The predicted molar refractivity (Wildman–Crippen MR) is 123 cm³/mol. The highest BCUT2D eigenvalue weighted by Crippen LogP contribution is 2.22. The van der Waals surface area contributed by atoms with Gasteiger partial charge in [0, 0.05) is 23.5 Å². The molecule has 1 aromatic heterocycles. The van der Waals surface area contributed by atoms with Crippen LogP contribution in [-0.2, 0) is 17.8 Å². The number of anilines is 1. The fourth-order valence-corrected chi connectivity index (χ4v) is 3.81. The molecule has 0 atom stereocenters. The summed E-state index contributed by atoms with van der Waals surface area (Å²) in [7, 11) is 1.28.